The molecular weight excluding hydrogens is 212 g/mol. The van der Waals surface area contributed by atoms with Crippen LogP contribution in [0, 0.1) is 11.6 Å². The minimum Gasteiger partial charge on any atom is -0.380 e. The minimum absolute atomic E-state index is 0.0104. The van der Waals surface area contributed by atoms with Crippen LogP contribution in [-0.4, -0.2) is 13.7 Å². The molecule has 0 spiro atoms. The molecule has 0 amide bonds. The van der Waals surface area contributed by atoms with Crippen molar-refractivity contribution in [1.82, 2.24) is 5.32 Å². The predicted octanol–water partition coefficient (Wildman–Crippen LogP) is 2.54. The van der Waals surface area contributed by atoms with Crippen LogP contribution in [0.15, 0.2) is 12.1 Å². The Morgan fingerprint density at radius 2 is 2.25 bits per heavy atom. The molecule has 1 N–H and O–H groups in total. The maximum absolute atomic E-state index is 14.0. The summed E-state index contributed by atoms with van der Waals surface area (Å²) in [6, 6.07) is 2.84. The normalized spacial score (nSPS) is 20.3. The lowest BCUT2D eigenvalue weighted by Crippen LogP contribution is -2.15. The first kappa shape index (κ1) is 11.5. The average molecular weight is 227 g/mol. The van der Waals surface area contributed by atoms with E-state index in [1.54, 1.807) is 0 Å². The highest BCUT2D eigenvalue weighted by Crippen LogP contribution is 2.28. The molecule has 16 heavy (non-hydrogen) atoms. The lowest BCUT2D eigenvalue weighted by Gasteiger charge is -2.14. The molecule has 1 saturated heterocycles. The molecule has 1 aliphatic heterocycles. The number of hydrogen-bond donors (Lipinski definition) is 1. The Balaban J connectivity index is 2.35. The maximum Gasteiger partial charge on any atom is 0.136 e. The lowest BCUT2D eigenvalue weighted by atomic mass is 10.0. The number of nitrogens with one attached hydrogen (secondary N) is 1. The second-order valence-electron chi connectivity index (χ2n) is 4.01. The summed E-state index contributed by atoms with van der Waals surface area (Å²) < 4.78 is 32.2. The highest BCUT2D eigenvalue weighted by Gasteiger charge is 2.22. The van der Waals surface area contributed by atoms with Gasteiger partial charge in [0.15, 0.2) is 0 Å². The average Bonchev–Trinajstić information content (AvgIpc) is 2.77. The number of halogens is 2. The molecule has 1 unspecified atom stereocenters. The lowest BCUT2D eigenvalue weighted by molar-refractivity contribution is 0.177. The first-order valence-electron chi connectivity index (χ1n) is 5.43. The third-order valence-corrected chi connectivity index (χ3v) is 2.94. The Bertz CT molecular complexity index is 376. The van der Waals surface area contributed by atoms with Gasteiger partial charge in [-0.05, 0) is 25.5 Å². The Hall–Kier alpha value is -1.00. The molecule has 0 bridgehead atoms. The fraction of sp³-hybridized carbons (Fsp3) is 0.500. The molecule has 1 heterocycles. The molecule has 1 aliphatic rings. The van der Waals surface area contributed by atoms with Gasteiger partial charge < -0.3 is 10.1 Å². The summed E-state index contributed by atoms with van der Waals surface area (Å²) in [6.45, 7) is 0.860. The second kappa shape index (κ2) is 4.89. The molecule has 1 atom stereocenters. The van der Waals surface area contributed by atoms with E-state index >= 15 is 0 Å². The van der Waals surface area contributed by atoms with E-state index in [1.807, 2.05) is 0 Å². The summed E-state index contributed by atoms with van der Waals surface area (Å²) in [5.41, 5.74) is 0.569. The van der Waals surface area contributed by atoms with Crippen molar-refractivity contribution < 1.29 is 13.5 Å². The van der Waals surface area contributed by atoms with Gasteiger partial charge in [0.2, 0.25) is 0 Å². The molecule has 4 heteroatoms. The van der Waals surface area contributed by atoms with Crippen LogP contribution in [-0.2, 0) is 11.3 Å². The van der Waals surface area contributed by atoms with Gasteiger partial charge in [0.1, 0.15) is 11.6 Å². The summed E-state index contributed by atoms with van der Waals surface area (Å²) >= 11 is 0. The fourth-order valence-electron chi connectivity index (χ4n) is 2.11. The highest BCUT2D eigenvalue weighted by atomic mass is 19.1. The fourth-order valence-corrected chi connectivity index (χ4v) is 2.11. The smallest absolute Gasteiger partial charge is 0.136 e. The van der Waals surface area contributed by atoms with E-state index in [4.69, 9.17) is 4.74 Å². The molecule has 0 radical (unpaired) electrons. The van der Waals surface area contributed by atoms with E-state index in [2.05, 4.69) is 5.32 Å². The molecular formula is C12H15F2NO. The monoisotopic (exact) mass is 227 g/mol. The predicted molar refractivity (Wildman–Crippen MR) is 57.0 cm³/mol. The Morgan fingerprint density at radius 1 is 1.44 bits per heavy atom. The van der Waals surface area contributed by atoms with Crippen molar-refractivity contribution in [2.24, 2.45) is 0 Å². The number of methoxy groups -OCH3 is 1. The molecule has 2 rings (SSSR count). The van der Waals surface area contributed by atoms with Gasteiger partial charge in [-0.1, -0.05) is 6.07 Å². The van der Waals surface area contributed by atoms with Crippen molar-refractivity contribution in [3.05, 3.63) is 34.9 Å². The topological polar surface area (TPSA) is 21.3 Å². The number of ether oxygens (including phenoxy) is 1. The van der Waals surface area contributed by atoms with E-state index in [9.17, 15) is 8.78 Å². The number of rotatable bonds is 3. The van der Waals surface area contributed by atoms with Crippen LogP contribution in [0.4, 0.5) is 8.78 Å². The van der Waals surface area contributed by atoms with Crippen LogP contribution in [0.25, 0.3) is 0 Å². The van der Waals surface area contributed by atoms with Gasteiger partial charge in [-0.2, -0.15) is 0 Å². The van der Waals surface area contributed by atoms with Gasteiger partial charge in [-0.15, -0.1) is 0 Å². The van der Waals surface area contributed by atoms with Gasteiger partial charge in [-0.3, -0.25) is 0 Å². The molecule has 1 fully saturated rings. The molecule has 2 nitrogen and oxygen atoms in total. The van der Waals surface area contributed by atoms with Crippen molar-refractivity contribution in [3.63, 3.8) is 0 Å². The third-order valence-electron chi connectivity index (χ3n) is 2.94. The van der Waals surface area contributed by atoms with Crippen molar-refractivity contribution >= 4 is 0 Å². The van der Waals surface area contributed by atoms with Crippen molar-refractivity contribution in [2.75, 3.05) is 13.7 Å². The minimum atomic E-state index is -0.541. The molecule has 88 valence electrons. The Morgan fingerprint density at radius 3 is 2.88 bits per heavy atom. The summed E-state index contributed by atoms with van der Waals surface area (Å²) in [5, 5.41) is 3.20. The van der Waals surface area contributed by atoms with E-state index in [0.717, 1.165) is 19.4 Å². The highest BCUT2D eigenvalue weighted by molar-refractivity contribution is 5.30. The number of hydrogen-bond acceptors (Lipinski definition) is 2. The maximum atomic E-state index is 14.0. The Labute approximate surface area is 93.6 Å². The van der Waals surface area contributed by atoms with Crippen LogP contribution in [0.5, 0.6) is 0 Å². The summed E-state index contributed by atoms with van der Waals surface area (Å²) in [4.78, 5) is 0. The van der Waals surface area contributed by atoms with E-state index in [1.165, 1.54) is 19.2 Å². The molecule has 1 aromatic carbocycles. The van der Waals surface area contributed by atoms with Crippen LogP contribution in [0.1, 0.15) is 30.0 Å². The number of benzene rings is 1. The first-order valence-corrected chi connectivity index (χ1v) is 5.43. The van der Waals surface area contributed by atoms with Crippen molar-refractivity contribution in [1.29, 1.82) is 0 Å². The SMILES string of the molecule is COCc1c(F)ccc(C2CCCN2)c1F. The van der Waals surface area contributed by atoms with Gasteiger partial charge in [0.05, 0.1) is 6.61 Å². The van der Waals surface area contributed by atoms with E-state index in [0.29, 0.717) is 5.56 Å². The van der Waals surface area contributed by atoms with Crippen LogP contribution < -0.4 is 5.32 Å². The second-order valence-corrected chi connectivity index (χ2v) is 4.01. The molecule has 0 aliphatic carbocycles. The van der Waals surface area contributed by atoms with Crippen LogP contribution in [0.2, 0.25) is 0 Å². The summed E-state index contributed by atoms with van der Waals surface area (Å²) in [6.07, 6.45) is 1.93. The summed E-state index contributed by atoms with van der Waals surface area (Å²) in [5.74, 6) is -1.01. The zero-order chi connectivity index (χ0) is 11.5. The van der Waals surface area contributed by atoms with E-state index in [-0.39, 0.29) is 18.2 Å². The summed E-state index contributed by atoms with van der Waals surface area (Å²) in [7, 11) is 1.43. The van der Waals surface area contributed by atoms with Crippen molar-refractivity contribution in [2.45, 2.75) is 25.5 Å². The zero-order valence-corrected chi connectivity index (χ0v) is 9.22. The Kier molecular flexibility index (Phi) is 3.51. The standard InChI is InChI=1S/C12H15F2NO/c1-16-7-9-10(13)5-4-8(12(9)14)11-3-2-6-15-11/h4-5,11,15H,2-3,6-7H2,1H3. The quantitative estimate of drug-likeness (QED) is 0.856. The van der Waals surface area contributed by atoms with Gasteiger partial charge in [0.25, 0.3) is 0 Å². The third kappa shape index (κ3) is 2.08. The largest absolute Gasteiger partial charge is 0.380 e. The van der Waals surface area contributed by atoms with Gasteiger partial charge in [0, 0.05) is 24.3 Å². The van der Waals surface area contributed by atoms with E-state index < -0.39 is 11.6 Å². The van der Waals surface area contributed by atoms with Crippen molar-refractivity contribution in [3.8, 4) is 0 Å². The molecule has 0 aromatic heterocycles. The van der Waals surface area contributed by atoms with Crippen LogP contribution in [0.3, 0.4) is 0 Å². The van der Waals surface area contributed by atoms with Crippen LogP contribution >= 0.6 is 0 Å². The zero-order valence-electron chi connectivity index (χ0n) is 9.22. The first-order chi connectivity index (χ1) is 7.74. The molecule has 0 saturated carbocycles. The van der Waals surface area contributed by atoms with Gasteiger partial charge >= 0.3 is 0 Å². The van der Waals surface area contributed by atoms with Gasteiger partial charge in [-0.25, -0.2) is 8.78 Å². The molecule has 1 aromatic rings.